The van der Waals surface area contributed by atoms with Gasteiger partial charge in [0.15, 0.2) is 0 Å². The molecule has 2 aromatic heterocycles. The van der Waals surface area contributed by atoms with E-state index in [0.717, 1.165) is 12.2 Å². The highest BCUT2D eigenvalue weighted by molar-refractivity contribution is 5.53. The van der Waals surface area contributed by atoms with E-state index < -0.39 is 0 Å². The predicted octanol–water partition coefficient (Wildman–Crippen LogP) is 6.37. The Bertz CT molecular complexity index is 908. The molecule has 0 saturated heterocycles. The van der Waals surface area contributed by atoms with Crippen LogP contribution < -0.4 is 0 Å². The van der Waals surface area contributed by atoms with Crippen LogP contribution in [0.3, 0.4) is 0 Å². The quantitative estimate of drug-likeness (QED) is 0.502. The summed E-state index contributed by atoms with van der Waals surface area (Å²) in [5, 5.41) is 0. The molecule has 4 rings (SSSR count). The summed E-state index contributed by atoms with van der Waals surface area (Å²) >= 11 is 0. The smallest absolute Gasteiger partial charge is 0.108 e. The summed E-state index contributed by atoms with van der Waals surface area (Å²) < 4.78 is 11.4. The Morgan fingerprint density at radius 3 is 2.46 bits per heavy atom. The van der Waals surface area contributed by atoms with Crippen LogP contribution in [0, 0.1) is 11.3 Å². The summed E-state index contributed by atoms with van der Waals surface area (Å²) in [7, 11) is 0. The predicted molar refractivity (Wildman–Crippen MR) is 104 cm³/mol. The van der Waals surface area contributed by atoms with E-state index in [1.165, 1.54) is 22.3 Å². The first-order valence-electron chi connectivity index (χ1n) is 9.26. The molecule has 26 heavy (non-hydrogen) atoms. The number of hydrogen-bond acceptors (Lipinski definition) is 2. The summed E-state index contributed by atoms with van der Waals surface area (Å²) in [6.45, 7) is 9.03. The van der Waals surface area contributed by atoms with Crippen LogP contribution in [0.1, 0.15) is 50.1 Å². The topological polar surface area (TPSA) is 26.3 Å². The van der Waals surface area contributed by atoms with Crippen molar-refractivity contribution >= 4 is 0 Å². The van der Waals surface area contributed by atoms with Crippen molar-refractivity contribution in [3.8, 4) is 0 Å². The second-order valence-corrected chi connectivity index (χ2v) is 8.23. The SMILES string of the molecule is CC(C)=CC1C(C)(C)C1(c1ccoc1)c1coc(Cc2ccccc2)c1. The Balaban J connectivity index is 1.75. The third-order valence-electron chi connectivity index (χ3n) is 5.98. The van der Waals surface area contributed by atoms with E-state index in [1.807, 2.05) is 18.6 Å². The summed E-state index contributed by atoms with van der Waals surface area (Å²) in [5.41, 5.74) is 5.12. The first-order valence-corrected chi connectivity index (χ1v) is 9.26. The molecule has 0 spiro atoms. The van der Waals surface area contributed by atoms with Gasteiger partial charge in [-0.15, -0.1) is 0 Å². The highest BCUT2D eigenvalue weighted by atomic mass is 16.3. The molecule has 1 aliphatic rings. The lowest BCUT2D eigenvalue weighted by Crippen LogP contribution is -2.15. The Labute approximate surface area is 155 Å². The van der Waals surface area contributed by atoms with Gasteiger partial charge in [0.05, 0.1) is 18.8 Å². The standard InChI is InChI=1S/C24H26O2/c1-17(2)12-22-23(3,4)24(22,19-10-11-25-15-19)20-14-21(26-16-20)13-18-8-6-5-7-9-18/h5-12,14-16,22H,13H2,1-4H3. The van der Waals surface area contributed by atoms with E-state index in [4.69, 9.17) is 8.83 Å². The third-order valence-corrected chi connectivity index (χ3v) is 5.98. The van der Waals surface area contributed by atoms with Crippen LogP contribution in [0.4, 0.5) is 0 Å². The zero-order valence-corrected chi connectivity index (χ0v) is 16.0. The van der Waals surface area contributed by atoms with Crippen molar-refractivity contribution in [3.63, 3.8) is 0 Å². The minimum absolute atomic E-state index is 0.0876. The molecule has 2 nitrogen and oxygen atoms in total. The Morgan fingerprint density at radius 2 is 1.81 bits per heavy atom. The second kappa shape index (κ2) is 6.05. The van der Waals surface area contributed by atoms with Gasteiger partial charge >= 0.3 is 0 Å². The molecule has 0 amide bonds. The minimum atomic E-state index is -0.0876. The van der Waals surface area contributed by atoms with Crippen molar-refractivity contribution in [1.82, 2.24) is 0 Å². The van der Waals surface area contributed by atoms with Gasteiger partial charge in [-0.3, -0.25) is 0 Å². The van der Waals surface area contributed by atoms with Gasteiger partial charge in [0, 0.05) is 23.0 Å². The maximum atomic E-state index is 5.99. The van der Waals surface area contributed by atoms with Crippen molar-refractivity contribution < 1.29 is 8.83 Å². The molecule has 0 N–H and O–H groups in total. The molecule has 1 saturated carbocycles. The van der Waals surface area contributed by atoms with Gasteiger partial charge in [0.25, 0.3) is 0 Å². The van der Waals surface area contributed by atoms with Crippen molar-refractivity contribution in [2.45, 2.75) is 39.5 Å². The number of rotatable bonds is 5. The third kappa shape index (κ3) is 2.47. The van der Waals surface area contributed by atoms with Gasteiger partial charge < -0.3 is 8.83 Å². The van der Waals surface area contributed by atoms with E-state index in [-0.39, 0.29) is 10.8 Å². The molecule has 1 aromatic carbocycles. The average molecular weight is 346 g/mol. The summed E-state index contributed by atoms with van der Waals surface area (Å²) in [5.74, 6) is 1.44. The summed E-state index contributed by atoms with van der Waals surface area (Å²) in [6.07, 6.45) is 8.83. The van der Waals surface area contributed by atoms with Crippen LogP contribution in [0.25, 0.3) is 0 Å². The van der Waals surface area contributed by atoms with E-state index in [0.29, 0.717) is 5.92 Å². The lowest BCUT2D eigenvalue weighted by molar-refractivity contribution is 0.503. The summed E-state index contributed by atoms with van der Waals surface area (Å²) in [4.78, 5) is 0. The molecule has 2 atom stereocenters. The molecule has 2 unspecified atom stereocenters. The van der Waals surface area contributed by atoms with E-state index in [9.17, 15) is 0 Å². The lowest BCUT2D eigenvalue weighted by Gasteiger charge is -2.17. The van der Waals surface area contributed by atoms with Gasteiger partial charge in [-0.2, -0.15) is 0 Å². The monoisotopic (exact) mass is 346 g/mol. The van der Waals surface area contributed by atoms with Gasteiger partial charge in [0.1, 0.15) is 5.76 Å². The van der Waals surface area contributed by atoms with Gasteiger partial charge in [-0.1, -0.05) is 55.8 Å². The first-order chi connectivity index (χ1) is 12.5. The maximum absolute atomic E-state index is 5.99. The molecule has 1 aliphatic carbocycles. The fraction of sp³-hybridized carbons (Fsp3) is 0.333. The van der Waals surface area contributed by atoms with Crippen molar-refractivity contribution in [2.75, 3.05) is 0 Å². The number of allylic oxidation sites excluding steroid dienone is 2. The molecule has 1 fully saturated rings. The molecular formula is C24H26O2. The van der Waals surface area contributed by atoms with Gasteiger partial charge in [-0.05, 0) is 42.9 Å². The van der Waals surface area contributed by atoms with E-state index >= 15 is 0 Å². The van der Waals surface area contributed by atoms with Crippen LogP contribution in [0.15, 0.2) is 81.7 Å². The normalized spacial score (nSPS) is 23.6. The lowest BCUT2D eigenvalue weighted by atomic mass is 9.83. The Kier molecular flexibility index (Phi) is 3.95. The van der Waals surface area contributed by atoms with Crippen molar-refractivity contribution in [3.05, 3.63) is 95.4 Å². The summed E-state index contributed by atoms with van der Waals surface area (Å²) in [6, 6.07) is 14.8. The molecule has 3 aromatic rings. The molecule has 0 radical (unpaired) electrons. The largest absolute Gasteiger partial charge is 0.472 e. The Morgan fingerprint density at radius 1 is 1.04 bits per heavy atom. The molecule has 0 aliphatic heterocycles. The number of hydrogen-bond donors (Lipinski definition) is 0. The van der Waals surface area contributed by atoms with Crippen molar-refractivity contribution in [1.29, 1.82) is 0 Å². The zero-order valence-electron chi connectivity index (χ0n) is 16.0. The van der Waals surface area contributed by atoms with Crippen molar-refractivity contribution in [2.24, 2.45) is 11.3 Å². The molecule has 0 bridgehead atoms. The molecular weight excluding hydrogens is 320 g/mol. The molecule has 2 heteroatoms. The Hall–Kier alpha value is -2.48. The maximum Gasteiger partial charge on any atom is 0.108 e. The van der Waals surface area contributed by atoms with Crippen LogP contribution in [0.5, 0.6) is 0 Å². The minimum Gasteiger partial charge on any atom is -0.472 e. The zero-order chi connectivity index (χ0) is 18.4. The van der Waals surface area contributed by atoms with Crippen LogP contribution in [-0.2, 0) is 11.8 Å². The van der Waals surface area contributed by atoms with Crippen LogP contribution in [-0.4, -0.2) is 0 Å². The fourth-order valence-corrected chi connectivity index (χ4v) is 4.71. The fourth-order valence-electron chi connectivity index (χ4n) is 4.71. The molecule has 134 valence electrons. The number of furan rings is 2. The second-order valence-electron chi connectivity index (χ2n) is 8.23. The highest BCUT2D eigenvalue weighted by Gasteiger charge is 2.72. The molecule has 2 heterocycles. The first kappa shape index (κ1) is 17.0. The van der Waals surface area contributed by atoms with Gasteiger partial charge in [-0.25, -0.2) is 0 Å². The highest BCUT2D eigenvalue weighted by Crippen LogP contribution is 2.73. The number of benzene rings is 1. The average Bonchev–Trinajstić information content (AvgIpc) is 3.12. The van der Waals surface area contributed by atoms with Crippen LogP contribution in [0.2, 0.25) is 0 Å². The van der Waals surface area contributed by atoms with Crippen LogP contribution >= 0.6 is 0 Å². The van der Waals surface area contributed by atoms with E-state index in [2.05, 4.69) is 70.2 Å². The van der Waals surface area contributed by atoms with Gasteiger partial charge in [0.2, 0.25) is 0 Å². The van der Waals surface area contributed by atoms with E-state index in [1.54, 1.807) is 6.26 Å².